The molecule has 0 bridgehead atoms. The summed E-state index contributed by atoms with van der Waals surface area (Å²) in [5.74, 6) is 1.42. The van der Waals surface area contributed by atoms with Crippen molar-refractivity contribution in [3.8, 4) is 0 Å². The lowest BCUT2D eigenvalue weighted by atomic mass is 10.2. The monoisotopic (exact) mass is 318 g/mol. The van der Waals surface area contributed by atoms with Crippen molar-refractivity contribution in [1.29, 1.82) is 0 Å². The number of hydrogen-bond acceptors (Lipinski definition) is 6. The summed E-state index contributed by atoms with van der Waals surface area (Å²) in [5, 5.41) is 13.5. The van der Waals surface area contributed by atoms with E-state index >= 15 is 0 Å². The van der Waals surface area contributed by atoms with Crippen LogP contribution < -0.4 is 10.2 Å². The summed E-state index contributed by atoms with van der Waals surface area (Å²) in [6.45, 7) is 1.30. The van der Waals surface area contributed by atoms with Gasteiger partial charge in [-0.15, -0.1) is 10.2 Å². The molecule has 0 aromatic carbocycles. The predicted molar refractivity (Wildman–Crippen MR) is 82.8 cm³/mol. The molecule has 1 aliphatic carbocycles. The molecule has 1 aliphatic heterocycles. The lowest BCUT2D eigenvalue weighted by molar-refractivity contribution is -0.122. The number of aromatic nitrogens is 2. The van der Waals surface area contributed by atoms with Crippen LogP contribution in [0.15, 0.2) is 22.8 Å². The van der Waals surface area contributed by atoms with Crippen LogP contribution in [0.2, 0.25) is 0 Å². The Bertz CT molecular complexity index is 650. The lowest BCUT2D eigenvalue weighted by Crippen LogP contribution is -2.43. The standard InChI is InChI=1S/C15H18N4O2S/c20-13(16-9-11-3-2-8-21-11)12-4-1-7-19(12)15-18-17-14(22-15)10-5-6-10/h2-3,8,10,12H,1,4-7,9H2,(H,16,20)/t12-/m0/s1. The molecule has 1 atom stereocenters. The summed E-state index contributed by atoms with van der Waals surface area (Å²) < 4.78 is 5.25. The first kappa shape index (κ1) is 13.8. The van der Waals surface area contributed by atoms with E-state index in [1.54, 1.807) is 17.6 Å². The maximum Gasteiger partial charge on any atom is 0.243 e. The van der Waals surface area contributed by atoms with Crippen molar-refractivity contribution in [2.24, 2.45) is 0 Å². The van der Waals surface area contributed by atoms with Crippen molar-refractivity contribution in [1.82, 2.24) is 15.5 Å². The quantitative estimate of drug-likeness (QED) is 0.916. The molecule has 6 nitrogen and oxygen atoms in total. The summed E-state index contributed by atoms with van der Waals surface area (Å²) in [6.07, 6.45) is 5.94. The molecule has 0 unspecified atom stereocenters. The minimum Gasteiger partial charge on any atom is -0.467 e. The Morgan fingerprint density at radius 3 is 3.09 bits per heavy atom. The Kier molecular flexibility index (Phi) is 3.57. The zero-order chi connectivity index (χ0) is 14.9. The maximum absolute atomic E-state index is 12.4. The van der Waals surface area contributed by atoms with Crippen molar-refractivity contribution < 1.29 is 9.21 Å². The fourth-order valence-electron chi connectivity index (χ4n) is 2.81. The van der Waals surface area contributed by atoms with Crippen LogP contribution in [0.3, 0.4) is 0 Å². The number of carbonyl (C=O) groups is 1. The lowest BCUT2D eigenvalue weighted by Gasteiger charge is -2.22. The number of anilines is 1. The number of nitrogens with zero attached hydrogens (tertiary/aromatic N) is 3. The second-order valence-electron chi connectivity index (χ2n) is 5.85. The molecule has 1 saturated heterocycles. The zero-order valence-corrected chi connectivity index (χ0v) is 13.0. The van der Waals surface area contributed by atoms with Crippen LogP contribution >= 0.6 is 11.3 Å². The highest BCUT2D eigenvalue weighted by Gasteiger charge is 2.34. The average molecular weight is 318 g/mol. The summed E-state index contributed by atoms with van der Waals surface area (Å²) in [6, 6.07) is 3.54. The first-order chi connectivity index (χ1) is 10.8. The van der Waals surface area contributed by atoms with Gasteiger partial charge in [-0.05, 0) is 37.8 Å². The van der Waals surface area contributed by atoms with E-state index in [9.17, 15) is 4.79 Å². The summed E-state index contributed by atoms with van der Waals surface area (Å²) in [7, 11) is 0. The van der Waals surface area contributed by atoms with E-state index in [0.717, 1.165) is 35.3 Å². The number of furan rings is 1. The molecule has 2 aliphatic rings. The Morgan fingerprint density at radius 1 is 1.41 bits per heavy atom. The van der Waals surface area contributed by atoms with E-state index in [2.05, 4.69) is 20.4 Å². The molecular formula is C15H18N4O2S. The van der Waals surface area contributed by atoms with Crippen LogP contribution in [0.1, 0.15) is 42.4 Å². The van der Waals surface area contributed by atoms with Gasteiger partial charge in [-0.3, -0.25) is 4.79 Å². The Hall–Kier alpha value is -1.89. The summed E-state index contributed by atoms with van der Waals surface area (Å²) in [4.78, 5) is 14.5. The molecule has 116 valence electrons. The Labute approximate surface area is 132 Å². The SMILES string of the molecule is O=C(NCc1ccco1)[C@@H]1CCCN1c1nnc(C2CC2)s1. The van der Waals surface area contributed by atoms with E-state index in [-0.39, 0.29) is 11.9 Å². The second kappa shape index (κ2) is 5.72. The first-order valence-electron chi connectivity index (χ1n) is 7.71. The number of nitrogens with one attached hydrogen (secondary N) is 1. The van der Waals surface area contributed by atoms with E-state index in [1.165, 1.54) is 12.8 Å². The summed E-state index contributed by atoms with van der Waals surface area (Å²) in [5.41, 5.74) is 0. The van der Waals surface area contributed by atoms with Crippen LogP contribution in [0, 0.1) is 0 Å². The molecular weight excluding hydrogens is 300 g/mol. The Morgan fingerprint density at radius 2 is 2.32 bits per heavy atom. The third kappa shape index (κ3) is 2.72. The Balaban J connectivity index is 1.42. The minimum atomic E-state index is -0.144. The molecule has 1 saturated carbocycles. The van der Waals surface area contributed by atoms with Gasteiger partial charge in [-0.1, -0.05) is 11.3 Å². The number of rotatable bonds is 5. The third-order valence-corrected chi connectivity index (χ3v) is 5.30. The number of hydrogen-bond donors (Lipinski definition) is 1. The van der Waals surface area contributed by atoms with Crippen molar-refractivity contribution in [3.63, 3.8) is 0 Å². The highest BCUT2D eigenvalue weighted by atomic mass is 32.1. The number of carbonyl (C=O) groups excluding carboxylic acids is 1. The van der Waals surface area contributed by atoms with Crippen LogP contribution in [0.5, 0.6) is 0 Å². The molecule has 2 fully saturated rings. The minimum absolute atomic E-state index is 0.0390. The third-order valence-electron chi connectivity index (χ3n) is 4.17. The van der Waals surface area contributed by atoms with Crippen molar-refractivity contribution in [3.05, 3.63) is 29.2 Å². The summed E-state index contributed by atoms with van der Waals surface area (Å²) >= 11 is 1.64. The van der Waals surface area contributed by atoms with E-state index in [4.69, 9.17) is 4.42 Å². The van der Waals surface area contributed by atoms with Crippen LogP contribution in [0.4, 0.5) is 5.13 Å². The molecule has 22 heavy (non-hydrogen) atoms. The fourth-order valence-corrected chi connectivity index (χ4v) is 3.90. The van der Waals surface area contributed by atoms with Gasteiger partial charge in [0.15, 0.2) is 0 Å². The van der Waals surface area contributed by atoms with Gasteiger partial charge in [-0.25, -0.2) is 0 Å². The van der Waals surface area contributed by atoms with E-state index in [1.807, 2.05) is 12.1 Å². The predicted octanol–water partition coefficient (Wildman–Crippen LogP) is 2.29. The highest BCUT2D eigenvalue weighted by molar-refractivity contribution is 7.15. The average Bonchev–Trinajstić information content (AvgIpc) is 3.02. The molecule has 1 N–H and O–H groups in total. The van der Waals surface area contributed by atoms with E-state index in [0.29, 0.717) is 12.5 Å². The topological polar surface area (TPSA) is 71.3 Å². The van der Waals surface area contributed by atoms with Crippen molar-refractivity contribution in [2.45, 2.75) is 44.2 Å². The molecule has 0 spiro atoms. The molecule has 0 radical (unpaired) electrons. The smallest absolute Gasteiger partial charge is 0.243 e. The van der Waals surface area contributed by atoms with Gasteiger partial charge in [-0.2, -0.15) is 0 Å². The van der Waals surface area contributed by atoms with Crippen LogP contribution in [0.25, 0.3) is 0 Å². The largest absolute Gasteiger partial charge is 0.467 e. The van der Waals surface area contributed by atoms with Gasteiger partial charge >= 0.3 is 0 Å². The number of amides is 1. The second-order valence-corrected chi connectivity index (χ2v) is 6.83. The van der Waals surface area contributed by atoms with Gasteiger partial charge in [0, 0.05) is 12.5 Å². The zero-order valence-electron chi connectivity index (χ0n) is 12.2. The van der Waals surface area contributed by atoms with Gasteiger partial charge in [0.05, 0.1) is 12.8 Å². The van der Waals surface area contributed by atoms with Crippen LogP contribution in [-0.2, 0) is 11.3 Å². The molecule has 1 amide bonds. The molecule has 3 heterocycles. The molecule has 7 heteroatoms. The van der Waals surface area contributed by atoms with Gasteiger partial charge in [0.25, 0.3) is 0 Å². The van der Waals surface area contributed by atoms with Crippen molar-refractivity contribution in [2.75, 3.05) is 11.4 Å². The molecule has 2 aromatic rings. The van der Waals surface area contributed by atoms with Crippen molar-refractivity contribution >= 4 is 22.4 Å². The molecule has 2 aromatic heterocycles. The normalized spacial score (nSPS) is 21.3. The fraction of sp³-hybridized carbons (Fsp3) is 0.533. The van der Waals surface area contributed by atoms with Gasteiger partial charge in [0.1, 0.15) is 16.8 Å². The molecule has 4 rings (SSSR count). The van der Waals surface area contributed by atoms with Gasteiger partial charge < -0.3 is 14.6 Å². The van der Waals surface area contributed by atoms with Gasteiger partial charge in [0.2, 0.25) is 11.0 Å². The van der Waals surface area contributed by atoms with Crippen LogP contribution in [-0.4, -0.2) is 28.7 Å². The highest BCUT2D eigenvalue weighted by Crippen LogP contribution is 2.43. The van der Waals surface area contributed by atoms with E-state index < -0.39 is 0 Å². The maximum atomic E-state index is 12.4. The first-order valence-corrected chi connectivity index (χ1v) is 8.53.